The van der Waals surface area contributed by atoms with Crippen LogP contribution < -0.4 is 11.2 Å². The fraction of sp³-hybridized carbons (Fsp3) is 0.810. The van der Waals surface area contributed by atoms with Gasteiger partial charge in [-0.05, 0) is 38.9 Å². The van der Waals surface area contributed by atoms with E-state index in [4.69, 9.17) is 14.5 Å². The molecule has 0 bridgehead atoms. The van der Waals surface area contributed by atoms with Gasteiger partial charge in [-0.15, -0.1) is 0 Å². The third-order valence-electron chi connectivity index (χ3n) is 5.35. The number of hydrogen-bond acceptors (Lipinski definition) is 8. The number of aromatic nitrogens is 2. The summed E-state index contributed by atoms with van der Waals surface area (Å²) in [5.74, 6) is 0. The number of rotatable bonds is 13. The smallest absolute Gasteiger partial charge is 0.387 e. The van der Waals surface area contributed by atoms with E-state index in [2.05, 4.69) is 30.2 Å². The van der Waals surface area contributed by atoms with Gasteiger partial charge in [0.1, 0.15) is 18.3 Å². The molecule has 198 valence electrons. The van der Waals surface area contributed by atoms with E-state index in [1.54, 1.807) is 0 Å². The van der Waals surface area contributed by atoms with Crippen LogP contribution in [0, 0.1) is 0 Å². The molecule has 1 aliphatic heterocycles. The minimum atomic E-state index is -4.76. The van der Waals surface area contributed by atoms with Crippen LogP contribution in [0.4, 0.5) is 0 Å². The predicted molar refractivity (Wildman–Crippen MR) is 126 cm³/mol. The molecule has 13 heteroatoms. The van der Waals surface area contributed by atoms with Crippen molar-refractivity contribution in [3.05, 3.63) is 33.1 Å². The number of unbranched alkanes of at least 4 members (excludes halogenated alkanes) is 3. The number of nitrogens with zero attached hydrogens (tertiary/aromatic N) is 2. The maximum absolute atomic E-state index is 11.6. The van der Waals surface area contributed by atoms with Gasteiger partial charge in [0.2, 0.25) is 0 Å². The van der Waals surface area contributed by atoms with E-state index in [0.717, 1.165) is 16.8 Å². The molecule has 1 saturated heterocycles. The van der Waals surface area contributed by atoms with E-state index in [-0.39, 0.29) is 0 Å². The lowest BCUT2D eigenvalue weighted by molar-refractivity contribution is -0.0543. The molecular weight excluding hydrogens is 469 g/mol. The summed E-state index contributed by atoms with van der Waals surface area (Å²) in [6.07, 6.45) is 3.51. The monoisotopic (exact) mass is 509 g/mol. The van der Waals surface area contributed by atoms with Gasteiger partial charge in [0.15, 0.2) is 6.23 Å². The SMILES string of the molecule is CCCCN(CCCC)CCCC.O=c1ccn([C@@H]2O[C@H](COP(=O)(O)O)[C@@H](O)[C@H]2O)c(=O)[nH]1. The van der Waals surface area contributed by atoms with Gasteiger partial charge in [-0.2, -0.15) is 0 Å². The summed E-state index contributed by atoms with van der Waals surface area (Å²) in [5, 5.41) is 19.6. The number of nitrogens with one attached hydrogen (secondary N) is 1. The number of aliphatic hydroxyl groups excluding tert-OH is 2. The molecule has 12 nitrogen and oxygen atoms in total. The van der Waals surface area contributed by atoms with Crippen LogP contribution in [0.25, 0.3) is 0 Å². The first-order chi connectivity index (χ1) is 16.0. The van der Waals surface area contributed by atoms with Crippen molar-refractivity contribution in [2.24, 2.45) is 0 Å². The van der Waals surface area contributed by atoms with Crippen LogP contribution in [0.1, 0.15) is 65.5 Å². The quantitative estimate of drug-likeness (QED) is 0.241. The van der Waals surface area contributed by atoms with Crippen LogP contribution in [-0.4, -0.2) is 79.0 Å². The van der Waals surface area contributed by atoms with Gasteiger partial charge < -0.3 is 29.6 Å². The number of hydrogen-bond donors (Lipinski definition) is 5. The molecule has 2 rings (SSSR count). The summed E-state index contributed by atoms with van der Waals surface area (Å²) in [6, 6.07) is 1.02. The molecule has 34 heavy (non-hydrogen) atoms. The summed E-state index contributed by atoms with van der Waals surface area (Å²) in [6.45, 7) is 10.1. The topological polar surface area (TPSA) is 175 Å². The average molecular weight is 510 g/mol. The lowest BCUT2D eigenvalue weighted by Gasteiger charge is -2.21. The molecule has 5 N–H and O–H groups in total. The Morgan fingerprint density at radius 2 is 1.56 bits per heavy atom. The van der Waals surface area contributed by atoms with E-state index >= 15 is 0 Å². The standard InChI is InChI=1S/C12H27N.C9H13N2O9P/c1-4-7-10-13(11-8-5-2)12-9-6-3;12-5-1-2-11(9(15)10-5)8-7(14)6(13)4(20-8)3-19-21(16,17)18/h4-12H2,1-3H3;1-2,4,6-8,13-14H,3H2,(H,10,12,15)(H2,16,17,18)/t;4-,6-,7-,8-/m.1/s1. The molecule has 0 radical (unpaired) electrons. The zero-order valence-corrected chi connectivity index (χ0v) is 21.1. The van der Waals surface area contributed by atoms with Crippen molar-refractivity contribution in [2.75, 3.05) is 26.2 Å². The van der Waals surface area contributed by atoms with Gasteiger partial charge in [-0.25, -0.2) is 9.36 Å². The second kappa shape index (κ2) is 15.6. The fourth-order valence-electron chi connectivity index (χ4n) is 3.38. The number of H-pyrrole nitrogens is 1. The second-order valence-corrected chi connectivity index (χ2v) is 9.49. The normalized spacial score (nSPS) is 22.6. The molecule has 0 spiro atoms. The number of phosphoric acid groups is 1. The molecule has 0 unspecified atom stereocenters. The first kappa shape index (κ1) is 30.7. The van der Waals surface area contributed by atoms with Crippen LogP contribution in [0.2, 0.25) is 0 Å². The maximum atomic E-state index is 11.6. The average Bonchev–Trinajstić information content (AvgIpc) is 3.05. The molecule has 1 fully saturated rings. The highest BCUT2D eigenvalue weighted by Gasteiger charge is 2.44. The molecule has 0 aliphatic carbocycles. The Morgan fingerprint density at radius 3 is 2.00 bits per heavy atom. The molecule has 2 heterocycles. The number of aliphatic hydroxyl groups is 2. The third kappa shape index (κ3) is 10.9. The zero-order chi connectivity index (χ0) is 25.7. The zero-order valence-electron chi connectivity index (χ0n) is 20.2. The van der Waals surface area contributed by atoms with Crippen LogP contribution in [0.3, 0.4) is 0 Å². The summed E-state index contributed by atoms with van der Waals surface area (Å²) < 4.78 is 20.8. The van der Waals surface area contributed by atoms with Crippen molar-refractivity contribution in [1.82, 2.24) is 14.5 Å². The molecule has 0 saturated carbocycles. The van der Waals surface area contributed by atoms with E-state index in [1.165, 1.54) is 58.2 Å². The van der Waals surface area contributed by atoms with Gasteiger partial charge in [0.25, 0.3) is 5.56 Å². The fourth-order valence-corrected chi connectivity index (χ4v) is 3.72. The summed E-state index contributed by atoms with van der Waals surface area (Å²) in [5.41, 5.74) is -1.51. The lowest BCUT2D eigenvalue weighted by Crippen LogP contribution is -2.37. The summed E-state index contributed by atoms with van der Waals surface area (Å²) in [4.78, 5) is 44.3. The Bertz CT molecular complexity index is 837. The highest BCUT2D eigenvalue weighted by atomic mass is 31.2. The molecule has 4 atom stereocenters. The largest absolute Gasteiger partial charge is 0.469 e. The first-order valence-electron chi connectivity index (χ1n) is 11.8. The number of ether oxygens (including phenoxy) is 1. The van der Waals surface area contributed by atoms with Crippen LogP contribution in [0.15, 0.2) is 21.9 Å². The van der Waals surface area contributed by atoms with Gasteiger partial charge >= 0.3 is 13.5 Å². The van der Waals surface area contributed by atoms with E-state index < -0.39 is 50.2 Å². The molecule has 0 amide bonds. The van der Waals surface area contributed by atoms with Crippen molar-refractivity contribution in [1.29, 1.82) is 0 Å². The van der Waals surface area contributed by atoms with Gasteiger partial charge in [-0.1, -0.05) is 40.0 Å². The number of aromatic amines is 1. The maximum Gasteiger partial charge on any atom is 0.469 e. The Morgan fingerprint density at radius 1 is 1.03 bits per heavy atom. The summed E-state index contributed by atoms with van der Waals surface area (Å²) >= 11 is 0. The van der Waals surface area contributed by atoms with Gasteiger partial charge in [-0.3, -0.25) is 18.9 Å². The second-order valence-electron chi connectivity index (χ2n) is 8.25. The van der Waals surface area contributed by atoms with Crippen molar-refractivity contribution < 1.29 is 33.8 Å². The third-order valence-corrected chi connectivity index (χ3v) is 5.84. The number of phosphoric ester groups is 1. The van der Waals surface area contributed by atoms with Gasteiger partial charge in [0, 0.05) is 12.3 Å². The van der Waals surface area contributed by atoms with Crippen LogP contribution in [-0.2, 0) is 13.8 Å². The molecule has 0 aromatic carbocycles. The predicted octanol–water partition coefficient (Wildman–Crippen LogP) is 0.954. The first-order valence-corrected chi connectivity index (χ1v) is 13.3. The van der Waals surface area contributed by atoms with Crippen molar-refractivity contribution in [3.8, 4) is 0 Å². The van der Waals surface area contributed by atoms with E-state index in [9.17, 15) is 24.4 Å². The highest BCUT2D eigenvalue weighted by molar-refractivity contribution is 7.46. The minimum Gasteiger partial charge on any atom is -0.387 e. The highest BCUT2D eigenvalue weighted by Crippen LogP contribution is 2.38. The Hall–Kier alpha value is -1.37. The summed E-state index contributed by atoms with van der Waals surface area (Å²) in [7, 11) is -4.76. The molecule has 1 aliphatic rings. The van der Waals surface area contributed by atoms with Crippen molar-refractivity contribution in [3.63, 3.8) is 0 Å². The van der Waals surface area contributed by atoms with Crippen LogP contribution >= 0.6 is 7.82 Å². The minimum absolute atomic E-state index is 0.648. The van der Waals surface area contributed by atoms with Gasteiger partial charge in [0.05, 0.1) is 6.61 Å². The Balaban J connectivity index is 0.000000385. The van der Waals surface area contributed by atoms with Crippen molar-refractivity contribution >= 4 is 7.82 Å². The van der Waals surface area contributed by atoms with Crippen LogP contribution in [0.5, 0.6) is 0 Å². The van der Waals surface area contributed by atoms with E-state index in [1.807, 2.05) is 4.98 Å². The Kier molecular flexibility index (Phi) is 14.1. The van der Waals surface area contributed by atoms with E-state index in [0.29, 0.717) is 0 Å². The molecular formula is C21H40N3O9P. The lowest BCUT2D eigenvalue weighted by atomic mass is 10.1. The molecule has 1 aromatic rings. The molecule has 1 aromatic heterocycles. The Labute approximate surface area is 199 Å². The van der Waals surface area contributed by atoms with Crippen molar-refractivity contribution in [2.45, 2.75) is 83.8 Å².